The van der Waals surface area contributed by atoms with Crippen LogP contribution in [-0.4, -0.2) is 12.6 Å². The molecule has 0 amide bonds. The SMILES string of the molecule is CCNC(CCc1ccc(F)c(C(F)(F)F)c1)C1CC1. The van der Waals surface area contributed by atoms with Gasteiger partial charge in [-0.1, -0.05) is 13.0 Å². The van der Waals surface area contributed by atoms with E-state index in [0.717, 1.165) is 25.1 Å². The highest BCUT2D eigenvalue weighted by atomic mass is 19.4. The molecule has 0 bridgehead atoms. The number of alkyl halides is 3. The van der Waals surface area contributed by atoms with Crippen molar-refractivity contribution < 1.29 is 17.6 Å². The Morgan fingerprint density at radius 1 is 1.30 bits per heavy atom. The van der Waals surface area contributed by atoms with Gasteiger partial charge in [-0.15, -0.1) is 0 Å². The van der Waals surface area contributed by atoms with Gasteiger partial charge in [0.15, 0.2) is 0 Å². The first-order chi connectivity index (χ1) is 9.41. The molecule has 1 N–H and O–H groups in total. The number of benzene rings is 1. The van der Waals surface area contributed by atoms with E-state index in [4.69, 9.17) is 0 Å². The summed E-state index contributed by atoms with van der Waals surface area (Å²) < 4.78 is 51.1. The fraction of sp³-hybridized carbons (Fsp3) is 0.600. The molecule has 0 saturated heterocycles. The largest absolute Gasteiger partial charge is 0.419 e. The maximum absolute atomic E-state index is 13.2. The van der Waals surface area contributed by atoms with Gasteiger partial charge in [0.2, 0.25) is 0 Å². The number of hydrogen-bond donors (Lipinski definition) is 1. The van der Waals surface area contributed by atoms with Crippen molar-refractivity contribution in [2.75, 3.05) is 6.54 Å². The monoisotopic (exact) mass is 289 g/mol. The lowest BCUT2D eigenvalue weighted by atomic mass is 10.00. The molecule has 1 aliphatic rings. The van der Waals surface area contributed by atoms with Crippen LogP contribution in [-0.2, 0) is 12.6 Å². The van der Waals surface area contributed by atoms with E-state index in [1.807, 2.05) is 6.92 Å². The lowest BCUT2D eigenvalue weighted by Gasteiger charge is -2.17. The van der Waals surface area contributed by atoms with Gasteiger partial charge >= 0.3 is 6.18 Å². The zero-order valence-electron chi connectivity index (χ0n) is 11.4. The molecular formula is C15H19F4N. The van der Waals surface area contributed by atoms with Crippen LogP contribution in [0.4, 0.5) is 17.6 Å². The van der Waals surface area contributed by atoms with Crippen molar-refractivity contribution in [3.63, 3.8) is 0 Å². The Balaban J connectivity index is 2.02. The van der Waals surface area contributed by atoms with Gasteiger partial charge in [-0.25, -0.2) is 4.39 Å². The van der Waals surface area contributed by atoms with Crippen molar-refractivity contribution in [2.45, 2.75) is 44.8 Å². The molecule has 1 aliphatic carbocycles. The standard InChI is InChI=1S/C15H19F4N/c1-2-20-14(11-5-6-11)8-4-10-3-7-13(16)12(9-10)15(17,18)19/h3,7,9,11,14,20H,2,4-6,8H2,1H3. The van der Waals surface area contributed by atoms with Gasteiger partial charge in [0.25, 0.3) is 0 Å². The third-order valence-corrected chi connectivity index (χ3v) is 3.74. The number of rotatable bonds is 6. The van der Waals surface area contributed by atoms with Crippen LogP contribution in [0.2, 0.25) is 0 Å². The summed E-state index contributed by atoms with van der Waals surface area (Å²) in [5.41, 5.74) is -0.622. The van der Waals surface area contributed by atoms with Crippen molar-refractivity contribution in [1.82, 2.24) is 5.32 Å². The third-order valence-electron chi connectivity index (χ3n) is 3.74. The van der Waals surface area contributed by atoms with E-state index in [-0.39, 0.29) is 0 Å². The van der Waals surface area contributed by atoms with Crippen molar-refractivity contribution in [3.05, 3.63) is 35.1 Å². The molecule has 1 nitrogen and oxygen atoms in total. The van der Waals surface area contributed by atoms with E-state index in [1.165, 1.54) is 18.9 Å². The zero-order valence-corrected chi connectivity index (χ0v) is 11.4. The quantitative estimate of drug-likeness (QED) is 0.775. The number of halogens is 4. The van der Waals surface area contributed by atoms with Gasteiger partial charge in [0.05, 0.1) is 5.56 Å². The number of hydrogen-bond acceptors (Lipinski definition) is 1. The Morgan fingerprint density at radius 2 is 2.00 bits per heavy atom. The van der Waals surface area contributed by atoms with Crippen LogP contribution in [0.3, 0.4) is 0 Å². The third kappa shape index (κ3) is 3.95. The van der Waals surface area contributed by atoms with Crippen LogP contribution in [0, 0.1) is 11.7 Å². The fourth-order valence-corrected chi connectivity index (χ4v) is 2.53. The van der Waals surface area contributed by atoms with E-state index < -0.39 is 17.6 Å². The topological polar surface area (TPSA) is 12.0 Å². The second-order valence-corrected chi connectivity index (χ2v) is 5.35. The maximum atomic E-state index is 13.2. The summed E-state index contributed by atoms with van der Waals surface area (Å²) in [6.07, 6.45) is -0.916. The van der Waals surface area contributed by atoms with Gasteiger partial charge in [-0.3, -0.25) is 0 Å². The van der Waals surface area contributed by atoms with Crippen LogP contribution < -0.4 is 5.32 Å². The molecule has 1 aromatic rings. The van der Waals surface area contributed by atoms with Crippen molar-refractivity contribution >= 4 is 0 Å². The molecule has 20 heavy (non-hydrogen) atoms. The van der Waals surface area contributed by atoms with Gasteiger partial charge < -0.3 is 5.32 Å². The molecule has 0 spiro atoms. The molecule has 1 saturated carbocycles. The van der Waals surface area contributed by atoms with E-state index in [2.05, 4.69) is 5.32 Å². The van der Waals surface area contributed by atoms with Gasteiger partial charge in [0, 0.05) is 6.04 Å². The molecule has 1 atom stereocenters. The van der Waals surface area contributed by atoms with Gasteiger partial charge in [0.1, 0.15) is 5.82 Å². The first-order valence-electron chi connectivity index (χ1n) is 7.00. The highest BCUT2D eigenvalue weighted by Crippen LogP contribution is 2.35. The molecule has 1 fully saturated rings. The van der Waals surface area contributed by atoms with Crippen LogP contribution in [0.15, 0.2) is 18.2 Å². The molecule has 2 rings (SSSR count). The Hall–Kier alpha value is -1.10. The van der Waals surface area contributed by atoms with Crippen molar-refractivity contribution in [2.24, 2.45) is 5.92 Å². The Bertz CT molecular complexity index is 452. The minimum Gasteiger partial charge on any atom is -0.314 e. The summed E-state index contributed by atoms with van der Waals surface area (Å²) in [6.45, 7) is 2.88. The number of aryl methyl sites for hydroxylation is 1. The molecule has 1 unspecified atom stereocenters. The van der Waals surface area contributed by atoms with Crippen LogP contribution in [0.1, 0.15) is 37.3 Å². The van der Waals surface area contributed by atoms with Gasteiger partial charge in [-0.2, -0.15) is 13.2 Å². The molecule has 5 heteroatoms. The molecule has 0 aliphatic heterocycles. The predicted molar refractivity (Wildman–Crippen MR) is 69.9 cm³/mol. The molecule has 0 aromatic heterocycles. The predicted octanol–water partition coefficient (Wildman–Crippen LogP) is 4.17. The van der Waals surface area contributed by atoms with Crippen molar-refractivity contribution in [3.8, 4) is 0 Å². The minimum absolute atomic E-state index is 0.361. The Kier molecular flexibility index (Phi) is 4.68. The average molecular weight is 289 g/mol. The average Bonchev–Trinajstić information content (AvgIpc) is 3.19. The van der Waals surface area contributed by atoms with Crippen molar-refractivity contribution in [1.29, 1.82) is 0 Å². The summed E-state index contributed by atoms with van der Waals surface area (Å²) in [6, 6.07) is 3.66. The van der Waals surface area contributed by atoms with Crippen LogP contribution in [0.25, 0.3) is 0 Å². The van der Waals surface area contributed by atoms with E-state index in [1.54, 1.807) is 0 Å². The second-order valence-electron chi connectivity index (χ2n) is 5.35. The van der Waals surface area contributed by atoms with E-state index >= 15 is 0 Å². The first-order valence-corrected chi connectivity index (χ1v) is 7.00. The highest BCUT2D eigenvalue weighted by Gasteiger charge is 2.34. The molecule has 1 aromatic carbocycles. The Labute approximate surface area is 116 Å². The zero-order chi connectivity index (χ0) is 14.8. The molecule has 0 heterocycles. The summed E-state index contributed by atoms with van der Waals surface area (Å²) in [7, 11) is 0. The highest BCUT2D eigenvalue weighted by molar-refractivity contribution is 5.27. The van der Waals surface area contributed by atoms with Crippen LogP contribution >= 0.6 is 0 Å². The normalized spacial score (nSPS) is 17.2. The summed E-state index contributed by atoms with van der Waals surface area (Å²) in [5.74, 6) is -0.552. The number of nitrogens with one attached hydrogen (secondary N) is 1. The lowest BCUT2D eigenvalue weighted by molar-refractivity contribution is -0.140. The smallest absolute Gasteiger partial charge is 0.314 e. The maximum Gasteiger partial charge on any atom is 0.419 e. The molecule has 112 valence electrons. The van der Waals surface area contributed by atoms with E-state index in [0.29, 0.717) is 23.9 Å². The van der Waals surface area contributed by atoms with Gasteiger partial charge in [-0.05, 0) is 55.8 Å². The lowest BCUT2D eigenvalue weighted by Crippen LogP contribution is -2.31. The fourth-order valence-electron chi connectivity index (χ4n) is 2.53. The van der Waals surface area contributed by atoms with E-state index in [9.17, 15) is 17.6 Å². The molecule has 0 radical (unpaired) electrons. The second kappa shape index (κ2) is 6.12. The summed E-state index contributed by atoms with van der Waals surface area (Å²) >= 11 is 0. The summed E-state index contributed by atoms with van der Waals surface area (Å²) in [5, 5.41) is 3.37. The molecular weight excluding hydrogens is 270 g/mol. The summed E-state index contributed by atoms with van der Waals surface area (Å²) in [4.78, 5) is 0. The Morgan fingerprint density at radius 3 is 2.55 bits per heavy atom. The van der Waals surface area contributed by atoms with Crippen LogP contribution in [0.5, 0.6) is 0 Å². The first kappa shape index (κ1) is 15.3. The minimum atomic E-state index is -4.63.